The number of nitrogens with one attached hydrogen (secondary N) is 1. The average Bonchev–Trinajstić information content (AvgIpc) is 2.66. The third-order valence-corrected chi connectivity index (χ3v) is 4.91. The molecule has 4 amide bonds. The number of urea groups is 1. The van der Waals surface area contributed by atoms with Gasteiger partial charge in [-0.1, -0.05) is 33.6 Å². The summed E-state index contributed by atoms with van der Waals surface area (Å²) < 4.78 is 5.82. The number of aliphatic carboxylic acids is 1. The van der Waals surface area contributed by atoms with Crippen molar-refractivity contribution in [1.82, 2.24) is 5.32 Å². The number of carboxylic acids is 1. The van der Waals surface area contributed by atoms with E-state index in [-0.39, 0.29) is 16.3 Å². The van der Waals surface area contributed by atoms with Crippen molar-refractivity contribution in [2.75, 3.05) is 11.5 Å². The van der Waals surface area contributed by atoms with Gasteiger partial charge in [0, 0.05) is 4.47 Å². The second-order valence-corrected chi connectivity index (χ2v) is 7.58. The van der Waals surface area contributed by atoms with Crippen molar-refractivity contribution in [2.24, 2.45) is 0 Å². The number of benzene rings is 2. The summed E-state index contributed by atoms with van der Waals surface area (Å²) in [7, 11) is 0. The molecule has 0 radical (unpaired) electrons. The molecule has 154 valence electrons. The van der Waals surface area contributed by atoms with E-state index in [0.717, 1.165) is 9.37 Å². The minimum absolute atomic E-state index is 0.103. The lowest BCUT2D eigenvalue weighted by Crippen LogP contribution is -2.54. The Morgan fingerprint density at radius 2 is 1.97 bits per heavy atom. The molecule has 8 nitrogen and oxygen atoms in total. The number of aryl methyl sites for hydroxylation is 1. The number of nitrogens with zero attached hydrogens (tertiary/aromatic N) is 1. The molecule has 2 aromatic carbocycles. The molecule has 10 heteroatoms. The first-order valence-electron chi connectivity index (χ1n) is 8.49. The van der Waals surface area contributed by atoms with Crippen LogP contribution < -0.4 is 15.0 Å². The van der Waals surface area contributed by atoms with Gasteiger partial charge < -0.3 is 9.84 Å². The van der Waals surface area contributed by atoms with E-state index in [1.807, 2.05) is 0 Å². The SMILES string of the molecule is Cc1cc(Br)ccc1N1C(=O)NC(=O)/C(=C\c2ccc(OCC(=O)O)c(Cl)c2)C1=O. The van der Waals surface area contributed by atoms with Crippen LogP contribution in [0.15, 0.2) is 46.4 Å². The summed E-state index contributed by atoms with van der Waals surface area (Å²) in [5.74, 6) is -2.63. The Morgan fingerprint density at radius 1 is 1.23 bits per heavy atom. The van der Waals surface area contributed by atoms with E-state index in [1.54, 1.807) is 25.1 Å². The van der Waals surface area contributed by atoms with Gasteiger partial charge in [0.05, 0.1) is 10.7 Å². The first-order valence-corrected chi connectivity index (χ1v) is 9.66. The van der Waals surface area contributed by atoms with Gasteiger partial charge >= 0.3 is 12.0 Å². The van der Waals surface area contributed by atoms with Crippen molar-refractivity contribution < 1.29 is 29.0 Å². The molecule has 1 heterocycles. The third kappa shape index (κ3) is 4.52. The number of barbiturate groups is 1. The average molecular weight is 494 g/mol. The van der Waals surface area contributed by atoms with Crippen molar-refractivity contribution in [3.05, 3.63) is 62.6 Å². The fourth-order valence-corrected chi connectivity index (χ4v) is 3.50. The minimum Gasteiger partial charge on any atom is -0.480 e. The van der Waals surface area contributed by atoms with Crippen LogP contribution >= 0.6 is 27.5 Å². The summed E-state index contributed by atoms with van der Waals surface area (Å²) in [6.45, 7) is 1.17. The normalized spacial score (nSPS) is 15.4. The zero-order chi connectivity index (χ0) is 22.0. The smallest absolute Gasteiger partial charge is 0.341 e. The van der Waals surface area contributed by atoms with Crippen molar-refractivity contribution >= 4 is 63.1 Å². The summed E-state index contributed by atoms with van der Waals surface area (Å²) in [6, 6.07) is 8.51. The lowest BCUT2D eigenvalue weighted by atomic mass is 10.1. The number of imide groups is 2. The van der Waals surface area contributed by atoms with Crippen LogP contribution in [0, 0.1) is 6.92 Å². The summed E-state index contributed by atoms with van der Waals surface area (Å²) in [4.78, 5) is 49.1. The molecule has 1 aliphatic heterocycles. The van der Waals surface area contributed by atoms with Gasteiger partial charge in [0.1, 0.15) is 11.3 Å². The molecule has 0 spiro atoms. The zero-order valence-corrected chi connectivity index (χ0v) is 17.8. The second-order valence-electron chi connectivity index (χ2n) is 6.26. The van der Waals surface area contributed by atoms with Crippen molar-refractivity contribution in [3.63, 3.8) is 0 Å². The highest BCUT2D eigenvalue weighted by atomic mass is 79.9. The maximum atomic E-state index is 13.0. The van der Waals surface area contributed by atoms with Crippen LogP contribution in [0.3, 0.4) is 0 Å². The molecule has 0 aliphatic carbocycles. The summed E-state index contributed by atoms with van der Waals surface area (Å²) in [5.41, 5.74) is 1.13. The number of halogens is 2. The summed E-state index contributed by atoms with van der Waals surface area (Å²) in [6.07, 6.45) is 1.29. The Kier molecular flexibility index (Phi) is 6.23. The molecule has 2 N–H and O–H groups in total. The predicted octanol–water partition coefficient (Wildman–Crippen LogP) is 3.54. The van der Waals surface area contributed by atoms with E-state index in [4.69, 9.17) is 21.4 Å². The Morgan fingerprint density at radius 3 is 2.60 bits per heavy atom. The maximum absolute atomic E-state index is 13.0. The number of anilines is 1. The molecular weight excluding hydrogens is 480 g/mol. The lowest BCUT2D eigenvalue weighted by molar-refractivity contribution is -0.139. The van der Waals surface area contributed by atoms with Gasteiger partial charge in [-0.2, -0.15) is 0 Å². The largest absolute Gasteiger partial charge is 0.480 e. The number of amides is 4. The third-order valence-electron chi connectivity index (χ3n) is 4.12. The zero-order valence-electron chi connectivity index (χ0n) is 15.4. The predicted molar refractivity (Wildman–Crippen MR) is 112 cm³/mol. The highest BCUT2D eigenvalue weighted by Crippen LogP contribution is 2.29. The van der Waals surface area contributed by atoms with E-state index < -0.39 is 30.4 Å². The van der Waals surface area contributed by atoms with Crippen LogP contribution in [0.1, 0.15) is 11.1 Å². The van der Waals surface area contributed by atoms with Crippen LogP contribution in [-0.4, -0.2) is 35.5 Å². The number of carbonyl (C=O) groups is 4. The van der Waals surface area contributed by atoms with E-state index in [9.17, 15) is 19.2 Å². The number of hydrogen-bond acceptors (Lipinski definition) is 5. The minimum atomic E-state index is -1.16. The standard InChI is InChI=1S/C20H14BrClN2O6/c1-10-6-12(21)3-4-15(10)24-19(28)13(18(27)23-20(24)29)7-11-2-5-16(14(22)8-11)30-9-17(25)26/h2-8H,9H2,1H3,(H,25,26)(H,23,27,29)/b13-7+. The fraction of sp³-hybridized carbons (Fsp3) is 0.100. The monoisotopic (exact) mass is 492 g/mol. The molecule has 1 saturated heterocycles. The molecule has 0 unspecified atom stereocenters. The highest BCUT2D eigenvalue weighted by molar-refractivity contribution is 9.10. The number of carboxylic acid groups (broad SMARTS) is 1. The van der Waals surface area contributed by atoms with Crippen molar-refractivity contribution in [1.29, 1.82) is 0 Å². The Labute approximate surface area is 184 Å². The molecule has 1 aliphatic rings. The fourth-order valence-electron chi connectivity index (χ4n) is 2.78. The first kappa shape index (κ1) is 21.5. The molecule has 0 saturated carbocycles. The molecule has 0 bridgehead atoms. The Balaban J connectivity index is 1.94. The van der Waals surface area contributed by atoms with Crippen molar-refractivity contribution in [2.45, 2.75) is 6.92 Å². The molecule has 30 heavy (non-hydrogen) atoms. The summed E-state index contributed by atoms with van der Waals surface area (Å²) in [5, 5.41) is 10.9. The van der Waals surface area contributed by atoms with Gasteiger partial charge in [-0.25, -0.2) is 14.5 Å². The number of hydrogen-bond donors (Lipinski definition) is 2. The van der Waals surface area contributed by atoms with Gasteiger partial charge in [0.25, 0.3) is 11.8 Å². The number of ether oxygens (including phenoxy) is 1. The van der Waals surface area contributed by atoms with Crippen LogP contribution in [0.2, 0.25) is 5.02 Å². The van der Waals surface area contributed by atoms with Gasteiger partial charge in [-0.3, -0.25) is 14.9 Å². The maximum Gasteiger partial charge on any atom is 0.341 e. The topological polar surface area (TPSA) is 113 Å². The van der Waals surface area contributed by atoms with E-state index in [2.05, 4.69) is 21.2 Å². The second kappa shape index (κ2) is 8.68. The van der Waals surface area contributed by atoms with E-state index in [0.29, 0.717) is 16.8 Å². The first-order chi connectivity index (χ1) is 14.2. The molecule has 3 rings (SSSR count). The van der Waals surface area contributed by atoms with Crippen molar-refractivity contribution in [3.8, 4) is 5.75 Å². The van der Waals surface area contributed by atoms with Gasteiger partial charge in [0.15, 0.2) is 6.61 Å². The van der Waals surface area contributed by atoms with E-state index in [1.165, 1.54) is 24.3 Å². The molecule has 2 aromatic rings. The molecule has 0 atom stereocenters. The van der Waals surface area contributed by atoms with Crippen LogP contribution in [0.5, 0.6) is 5.75 Å². The number of rotatable bonds is 5. The lowest BCUT2D eigenvalue weighted by Gasteiger charge is -2.27. The Bertz CT molecular complexity index is 1110. The van der Waals surface area contributed by atoms with Crippen LogP contribution in [0.25, 0.3) is 6.08 Å². The number of carbonyl (C=O) groups excluding carboxylic acids is 3. The molecular formula is C20H14BrClN2O6. The van der Waals surface area contributed by atoms with Gasteiger partial charge in [-0.05, 0) is 54.5 Å². The Hall–Kier alpha value is -3.17. The van der Waals surface area contributed by atoms with Crippen LogP contribution in [-0.2, 0) is 14.4 Å². The quantitative estimate of drug-likeness (QED) is 0.487. The highest BCUT2D eigenvalue weighted by Gasteiger charge is 2.37. The van der Waals surface area contributed by atoms with E-state index >= 15 is 0 Å². The van der Waals surface area contributed by atoms with Gasteiger partial charge in [-0.15, -0.1) is 0 Å². The van der Waals surface area contributed by atoms with Crippen LogP contribution in [0.4, 0.5) is 10.5 Å². The molecule has 0 aromatic heterocycles. The van der Waals surface area contributed by atoms with Gasteiger partial charge in [0.2, 0.25) is 0 Å². The molecule has 1 fully saturated rings. The summed E-state index contributed by atoms with van der Waals surface area (Å²) >= 11 is 9.41.